The number of rotatable bonds is 4. The van der Waals surface area contributed by atoms with Crippen molar-refractivity contribution in [3.8, 4) is 0 Å². The fraction of sp³-hybridized carbons (Fsp3) is 0.462. The number of carbonyl (C=O) groups excluding carboxylic acids is 1. The number of nitrogens with zero attached hydrogens (tertiary/aromatic N) is 2. The molecule has 0 atom stereocenters. The van der Waals surface area contributed by atoms with Gasteiger partial charge >= 0.3 is 0 Å². The average Bonchev–Trinajstić information content (AvgIpc) is 2.39. The Hall–Kier alpha value is -1.24. The molecule has 0 bridgehead atoms. The predicted molar refractivity (Wildman–Crippen MR) is 73.6 cm³/mol. The third-order valence-electron chi connectivity index (χ3n) is 3.26. The summed E-state index contributed by atoms with van der Waals surface area (Å²) in [4.78, 5) is 14.0. The topological polar surface area (TPSA) is 57.7 Å². The van der Waals surface area contributed by atoms with Crippen LogP contribution < -0.4 is 0 Å². The van der Waals surface area contributed by atoms with Crippen molar-refractivity contribution in [3.63, 3.8) is 0 Å². The molecule has 2 rings (SSSR count). The molecule has 0 N–H and O–H groups in total. The van der Waals surface area contributed by atoms with Gasteiger partial charge in [0.15, 0.2) is 5.78 Å². The van der Waals surface area contributed by atoms with Gasteiger partial charge in [-0.2, -0.15) is 4.31 Å². The largest absolute Gasteiger partial charge is 0.293 e. The Kier molecular flexibility index (Phi) is 4.34. The Bertz CT molecular complexity index is 534. The molecule has 104 valence electrons. The summed E-state index contributed by atoms with van der Waals surface area (Å²) in [5.74, 6) is 0.0772. The molecule has 1 aliphatic heterocycles. The zero-order chi connectivity index (χ0) is 13.9. The number of hydrogen-bond donors (Lipinski definition) is 0. The van der Waals surface area contributed by atoms with E-state index in [-0.39, 0.29) is 5.78 Å². The second-order valence-corrected chi connectivity index (χ2v) is 6.71. The number of hydrogen-bond acceptors (Lipinski definition) is 4. The average molecular weight is 282 g/mol. The third kappa shape index (κ3) is 3.86. The number of sulfonamides is 1. The molecule has 0 radical (unpaired) electrons. The molecular formula is C13H18N2O3S. The summed E-state index contributed by atoms with van der Waals surface area (Å²) in [6.45, 7) is 2.47. The van der Waals surface area contributed by atoms with E-state index in [0.717, 1.165) is 0 Å². The lowest BCUT2D eigenvalue weighted by Crippen LogP contribution is -2.49. The Morgan fingerprint density at radius 2 is 1.68 bits per heavy atom. The summed E-state index contributed by atoms with van der Waals surface area (Å²) >= 11 is 0. The molecule has 1 aromatic carbocycles. The van der Waals surface area contributed by atoms with Crippen molar-refractivity contribution in [2.75, 3.05) is 39.0 Å². The number of Topliss-reactive ketones (excluding diaryl/α,β-unsaturated/α-hetero) is 1. The van der Waals surface area contributed by atoms with Crippen molar-refractivity contribution in [3.05, 3.63) is 35.9 Å². The first kappa shape index (κ1) is 14.2. The van der Waals surface area contributed by atoms with Crippen LogP contribution in [0.15, 0.2) is 30.3 Å². The van der Waals surface area contributed by atoms with E-state index in [2.05, 4.69) is 0 Å². The molecule has 0 aromatic heterocycles. The maximum absolute atomic E-state index is 12.0. The quantitative estimate of drug-likeness (QED) is 0.752. The van der Waals surface area contributed by atoms with Gasteiger partial charge in [-0.3, -0.25) is 9.69 Å². The molecule has 0 spiro atoms. The Labute approximate surface area is 113 Å². The summed E-state index contributed by atoms with van der Waals surface area (Å²) in [6.07, 6.45) is 1.22. The van der Waals surface area contributed by atoms with E-state index >= 15 is 0 Å². The summed E-state index contributed by atoms with van der Waals surface area (Å²) in [5, 5.41) is 0. The Morgan fingerprint density at radius 3 is 2.21 bits per heavy atom. The normalized spacial score (nSPS) is 18.4. The summed E-state index contributed by atoms with van der Waals surface area (Å²) in [5.41, 5.74) is 0.702. The molecule has 19 heavy (non-hydrogen) atoms. The van der Waals surface area contributed by atoms with E-state index in [1.54, 1.807) is 12.1 Å². The van der Waals surface area contributed by atoms with Crippen molar-refractivity contribution in [2.24, 2.45) is 0 Å². The molecule has 1 saturated heterocycles. The monoisotopic (exact) mass is 282 g/mol. The summed E-state index contributed by atoms with van der Waals surface area (Å²) < 4.78 is 24.2. The second kappa shape index (κ2) is 5.81. The second-order valence-electron chi connectivity index (χ2n) is 4.73. The van der Waals surface area contributed by atoms with Gasteiger partial charge in [-0.1, -0.05) is 30.3 Å². The lowest BCUT2D eigenvalue weighted by Gasteiger charge is -2.32. The highest BCUT2D eigenvalue weighted by Gasteiger charge is 2.24. The minimum atomic E-state index is -3.11. The van der Waals surface area contributed by atoms with Gasteiger partial charge in [0.2, 0.25) is 10.0 Å². The molecule has 0 aliphatic carbocycles. The number of carbonyl (C=O) groups is 1. The lowest BCUT2D eigenvalue weighted by molar-refractivity contribution is 0.0902. The van der Waals surface area contributed by atoms with E-state index in [1.807, 2.05) is 23.1 Å². The summed E-state index contributed by atoms with van der Waals surface area (Å²) in [6, 6.07) is 9.16. The zero-order valence-electron chi connectivity index (χ0n) is 10.9. The van der Waals surface area contributed by atoms with Gasteiger partial charge in [-0.25, -0.2) is 8.42 Å². The minimum Gasteiger partial charge on any atom is -0.293 e. The molecule has 1 aromatic rings. The smallest absolute Gasteiger partial charge is 0.211 e. The highest BCUT2D eigenvalue weighted by molar-refractivity contribution is 7.88. The van der Waals surface area contributed by atoms with Gasteiger partial charge in [0.25, 0.3) is 0 Å². The van der Waals surface area contributed by atoms with E-state index < -0.39 is 10.0 Å². The molecule has 1 aliphatic rings. The maximum Gasteiger partial charge on any atom is 0.211 e. The standard InChI is InChI=1S/C13H18N2O3S/c1-19(17,18)15-9-7-14(8-10-15)11-13(16)12-5-3-2-4-6-12/h2-6H,7-11H2,1H3. The highest BCUT2D eigenvalue weighted by Crippen LogP contribution is 2.08. The van der Waals surface area contributed by atoms with Crippen LogP contribution in [0.3, 0.4) is 0 Å². The van der Waals surface area contributed by atoms with Gasteiger partial charge in [0.1, 0.15) is 0 Å². The van der Waals surface area contributed by atoms with Crippen molar-refractivity contribution in [1.82, 2.24) is 9.21 Å². The molecule has 5 nitrogen and oxygen atoms in total. The van der Waals surface area contributed by atoms with Gasteiger partial charge in [0, 0.05) is 31.7 Å². The van der Waals surface area contributed by atoms with Gasteiger partial charge in [-0.15, -0.1) is 0 Å². The molecule has 1 heterocycles. The molecule has 0 saturated carbocycles. The first-order valence-corrected chi connectivity index (χ1v) is 8.07. The van der Waals surface area contributed by atoms with Crippen molar-refractivity contribution in [2.45, 2.75) is 0 Å². The van der Waals surface area contributed by atoms with Crippen LogP contribution in [0, 0.1) is 0 Å². The predicted octanol–water partition coefficient (Wildman–Crippen LogP) is 0.446. The van der Waals surface area contributed by atoms with Gasteiger partial charge in [-0.05, 0) is 0 Å². The number of piperazine rings is 1. The fourth-order valence-electron chi connectivity index (χ4n) is 2.14. The molecule has 0 amide bonds. The van der Waals surface area contributed by atoms with Crippen LogP contribution in [0.4, 0.5) is 0 Å². The third-order valence-corrected chi connectivity index (χ3v) is 4.57. The lowest BCUT2D eigenvalue weighted by atomic mass is 10.1. The first-order chi connectivity index (χ1) is 8.97. The van der Waals surface area contributed by atoms with E-state index in [1.165, 1.54) is 10.6 Å². The first-order valence-electron chi connectivity index (χ1n) is 6.22. The van der Waals surface area contributed by atoms with Crippen molar-refractivity contribution in [1.29, 1.82) is 0 Å². The minimum absolute atomic E-state index is 0.0772. The van der Waals surface area contributed by atoms with Crippen LogP contribution in [-0.4, -0.2) is 62.4 Å². The van der Waals surface area contributed by atoms with Crippen LogP contribution >= 0.6 is 0 Å². The van der Waals surface area contributed by atoms with Gasteiger partial charge in [0.05, 0.1) is 12.8 Å². The zero-order valence-corrected chi connectivity index (χ0v) is 11.8. The highest BCUT2D eigenvalue weighted by atomic mass is 32.2. The summed E-state index contributed by atoms with van der Waals surface area (Å²) in [7, 11) is -3.11. The van der Waals surface area contributed by atoms with E-state index in [9.17, 15) is 13.2 Å². The Morgan fingerprint density at radius 1 is 1.11 bits per heavy atom. The van der Waals surface area contributed by atoms with Crippen LogP contribution in [0.5, 0.6) is 0 Å². The molecule has 6 heteroatoms. The van der Waals surface area contributed by atoms with Crippen LogP contribution in [0.2, 0.25) is 0 Å². The van der Waals surface area contributed by atoms with Crippen LogP contribution in [0.1, 0.15) is 10.4 Å². The molecule has 1 fully saturated rings. The van der Waals surface area contributed by atoms with Gasteiger partial charge < -0.3 is 0 Å². The SMILES string of the molecule is CS(=O)(=O)N1CCN(CC(=O)c2ccccc2)CC1. The number of ketones is 1. The van der Waals surface area contributed by atoms with E-state index in [0.29, 0.717) is 38.3 Å². The van der Waals surface area contributed by atoms with Crippen molar-refractivity contribution >= 4 is 15.8 Å². The maximum atomic E-state index is 12.0. The fourth-order valence-corrected chi connectivity index (χ4v) is 2.96. The number of benzene rings is 1. The van der Waals surface area contributed by atoms with Crippen LogP contribution in [0.25, 0.3) is 0 Å². The van der Waals surface area contributed by atoms with Crippen molar-refractivity contribution < 1.29 is 13.2 Å². The molecular weight excluding hydrogens is 264 g/mol. The van der Waals surface area contributed by atoms with Crippen LogP contribution in [-0.2, 0) is 10.0 Å². The molecule has 0 unspecified atom stereocenters. The van der Waals surface area contributed by atoms with E-state index in [4.69, 9.17) is 0 Å². The Balaban J connectivity index is 1.88.